The van der Waals surface area contributed by atoms with Crippen molar-refractivity contribution in [2.45, 2.75) is 18.3 Å². The van der Waals surface area contributed by atoms with Gasteiger partial charge in [0.15, 0.2) is 4.87 Å². The van der Waals surface area contributed by atoms with Gasteiger partial charge in [0.05, 0.1) is 12.2 Å². The molecule has 2 aliphatic heterocycles. The van der Waals surface area contributed by atoms with Crippen LogP contribution in [0.3, 0.4) is 0 Å². The average Bonchev–Trinajstić information content (AvgIpc) is 3.33. The topological polar surface area (TPSA) is 52.7 Å². The van der Waals surface area contributed by atoms with Crippen LogP contribution in [0.1, 0.15) is 16.7 Å². The molecular weight excluding hydrogens is 425 g/mol. The quantitative estimate of drug-likeness (QED) is 0.607. The third-order valence-corrected chi connectivity index (χ3v) is 7.32. The Morgan fingerprint density at radius 3 is 2.69 bits per heavy atom. The zero-order valence-corrected chi connectivity index (χ0v) is 18.4. The molecule has 5 rings (SSSR count). The lowest BCUT2D eigenvalue weighted by atomic mass is 10.1. The van der Waals surface area contributed by atoms with Crippen LogP contribution in [0.15, 0.2) is 72.8 Å². The summed E-state index contributed by atoms with van der Waals surface area (Å²) in [6.07, 6.45) is 0. The Kier molecular flexibility index (Phi) is 5.13. The SMILES string of the molecule is Cc1cccc(NC(=O)N2CCS[C@@]23C(=O)N(Cc2ccccc2F)c2ccccc23)c1. The first-order valence-corrected chi connectivity index (χ1v) is 11.4. The number of aryl methyl sites for hydroxylation is 1. The summed E-state index contributed by atoms with van der Waals surface area (Å²) in [4.78, 5) is 29.3. The van der Waals surface area contributed by atoms with Crippen LogP contribution in [0.25, 0.3) is 0 Å². The summed E-state index contributed by atoms with van der Waals surface area (Å²) in [6.45, 7) is 2.51. The van der Waals surface area contributed by atoms with Crippen LogP contribution in [0.2, 0.25) is 0 Å². The van der Waals surface area contributed by atoms with Crippen molar-refractivity contribution in [2.75, 3.05) is 22.5 Å². The van der Waals surface area contributed by atoms with E-state index >= 15 is 0 Å². The fourth-order valence-corrected chi connectivity index (χ4v) is 5.90. The summed E-state index contributed by atoms with van der Waals surface area (Å²) >= 11 is 1.45. The molecule has 0 unspecified atom stereocenters. The Hall–Kier alpha value is -3.32. The Labute approximate surface area is 190 Å². The number of anilines is 2. The summed E-state index contributed by atoms with van der Waals surface area (Å²) in [5.41, 5.74) is 3.63. The van der Waals surface area contributed by atoms with Crippen molar-refractivity contribution < 1.29 is 14.0 Å². The second kappa shape index (κ2) is 7.98. The molecule has 0 aliphatic carbocycles. The first-order valence-electron chi connectivity index (χ1n) is 10.4. The molecule has 2 aliphatic rings. The molecule has 5 nitrogen and oxygen atoms in total. The van der Waals surface area contributed by atoms with Gasteiger partial charge in [0.25, 0.3) is 5.91 Å². The highest BCUT2D eigenvalue weighted by molar-refractivity contribution is 8.01. The number of hydrogen-bond acceptors (Lipinski definition) is 3. The lowest BCUT2D eigenvalue weighted by Gasteiger charge is -2.33. The number of benzene rings is 3. The smallest absolute Gasteiger partial charge is 0.308 e. The van der Waals surface area contributed by atoms with Gasteiger partial charge in [-0.05, 0) is 36.8 Å². The van der Waals surface area contributed by atoms with Gasteiger partial charge in [-0.1, -0.05) is 48.5 Å². The van der Waals surface area contributed by atoms with E-state index in [1.807, 2.05) is 55.5 Å². The summed E-state index contributed by atoms with van der Waals surface area (Å²) in [7, 11) is 0. The first-order chi connectivity index (χ1) is 15.5. The van der Waals surface area contributed by atoms with Gasteiger partial charge in [-0.15, -0.1) is 11.8 Å². The molecular formula is C25H22FN3O2S. The van der Waals surface area contributed by atoms with E-state index in [1.54, 1.807) is 28.0 Å². The largest absolute Gasteiger partial charge is 0.323 e. The van der Waals surface area contributed by atoms with Gasteiger partial charge < -0.3 is 10.2 Å². The van der Waals surface area contributed by atoms with Gasteiger partial charge in [-0.3, -0.25) is 9.69 Å². The van der Waals surface area contributed by atoms with E-state index in [0.717, 1.165) is 11.1 Å². The minimum atomic E-state index is -1.16. The van der Waals surface area contributed by atoms with Crippen molar-refractivity contribution in [3.8, 4) is 0 Å². The number of fused-ring (bicyclic) bond motifs is 2. The van der Waals surface area contributed by atoms with E-state index in [0.29, 0.717) is 29.2 Å². The van der Waals surface area contributed by atoms with Crippen molar-refractivity contribution in [1.82, 2.24) is 4.90 Å². The van der Waals surface area contributed by atoms with E-state index in [1.165, 1.54) is 17.8 Å². The molecule has 0 bridgehead atoms. The van der Waals surface area contributed by atoms with Gasteiger partial charge in [0.2, 0.25) is 0 Å². The molecule has 0 radical (unpaired) electrons. The van der Waals surface area contributed by atoms with Crippen LogP contribution in [0.5, 0.6) is 0 Å². The van der Waals surface area contributed by atoms with E-state index < -0.39 is 4.87 Å². The minimum Gasteiger partial charge on any atom is -0.308 e. The number of nitrogens with one attached hydrogen (secondary N) is 1. The molecule has 1 saturated heterocycles. The van der Waals surface area contributed by atoms with Crippen LogP contribution in [-0.2, 0) is 16.2 Å². The van der Waals surface area contributed by atoms with Gasteiger partial charge in [0, 0.05) is 29.1 Å². The fourth-order valence-electron chi connectivity index (χ4n) is 4.44. The molecule has 32 heavy (non-hydrogen) atoms. The molecule has 3 amide bonds. The number of urea groups is 1. The molecule has 1 fully saturated rings. The number of hydrogen-bond donors (Lipinski definition) is 1. The van der Waals surface area contributed by atoms with Gasteiger partial charge >= 0.3 is 6.03 Å². The zero-order chi connectivity index (χ0) is 22.3. The molecule has 0 aromatic heterocycles. The monoisotopic (exact) mass is 447 g/mol. The predicted octanol–water partition coefficient (Wildman–Crippen LogP) is 5.11. The Bertz CT molecular complexity index is 1220. The molecule has 7 heteroatoms. The van der Waals surface area contributed by atoms with Crippen molar-refractivity contribution in [1.29, 1.82) is 0 Å². The number of rotatable bonds is 3. The first kappa shape index (κ1) is 20.6. The Balaban J connectivity index is 1.52. The van der Waals surface area contributed by atoms with Crippen molar-refractivity contribution in [2.24, 2.45) is 0 Å². The van der Waals surface area contributed by atoms with E-state index in [4.69, 9.17) is 0 Å². The number of nitrogens with zero attached hydrogens (tertiary/aromatic N) is 2. The van der Waals surface area contributed by atoms with E-state index in [-0.39, 0.29) is 24.3 Å². The molecule has 162 valence electrons. The number of carbonyl (C=O) groups excluding carboxylic acids is 2. The molecule has 3 aromatic carbocycles. The van der Waals surface area contributed by atoms with Crippen LogP contribution in [0, 0.1) is 12.7 Å². The summed E-state index contributed by atoms with van der Waals surface area (Å²) < 4.78 is 14.4. The lowest BCUT2D eigenvalue weighted by molar-refractivity contribution is -0.123. The van der Waals surface area contributed by atoms with Gasteiger partial charge in [-0.2, -0.15) is 0 Å². The van der Waals surface area contributed by atoms with Crippen LogP contribution < -0.4 is 10.2 Å². The highest BCUT2D eigenvalue weighted by Crippen LogP contribution is 2.54. The van der Waals surface area contributed by atoms with Gasteiger partial charge in [0.1, 0.15) is 5.82 Å². The number of para-hydroxylation sites is 1. The summed E-state index contributed by atoms with van der Waals surface area (Å²) in [5.74, 6) is 0.0604. The van der Waals surface area contributed by atoms with Crippen LogP contribution in [-0.4, -0.2) is 29.1 Å². The van der Waals surface area contributed by atoms with E-state index in [2.05, 4.69) is 5.32 Å². The van der Waals surface area contributed by atoms with Crippen molar-refractivity contribution >= 4 is 35.1 Å². The minimum absolute atomic E-state index is 0.109. The average molecular weight is 448 g/mol. The molecule has 3 aromatic rings. The lowest BCUT2D eigenvalue weighted by Crippen LogP contribution is -2.51. The van der Waals surface area contributed by atoms with Gasteiger partial charge in [-0.25, -0.2) is 9.18 Å². The summed E-state index contributed by atoms with van der Waals surface area (Å²) in [6, 6.07) is 21.2. The second-order valence-electron chi connectivity index (χ2n) is 7.94. The maximum absolute atomic E-state index is 14.4. The molecule has 1 atom stereocenters. The Morgan fingerprint density at radius 1 is 1.09 bits per heavy atom. The third-order valence-electron chi connectivity index (χ3n) is 5.90. The number of carbonyl (C=O) groups is 2. The molecule has 0 saturated carbocycles. The zero-order valence-electron chi connectivity index (χ0n) is 17.5. The number of amides is 3. The van der Waals surface area contributed by atoms with Crippen LogP contribution in [0.4, 0.5) is 20.6 Å². The van der Waals surface area contributed by atoms with Crippen molar-refractivity contribution in [3.05, 3.63) is 95.3 Å². The molecule has 1 spiro atoms. The molecule has 2 heterocycles. The number of halogens is 1. The van der Waals surface area contributed by atoms with Crippen molar-refractivity contribution in [3.63, 3.8) is 0 Å². The maximum Gasteiger partial charge on any atom is 0.323 e. The standard InChI is InChI=1S/C25H22FN3O2S/c1-17-7-6-9-19(15-17)27-24(31)29-13-14-32-25(29)20-10-3-5-12-22(20)28(23(25)30)16-18-8-2-4-11-21(18)26/h2-12,15H,13-14,16H2,1H3,(H,27,31)/t25-/m0/s1. The van der Waals surface area contributed by atoms with E-state index in [9.17, 15) is 14.0 Å². The fraction of sp³-hybridized carbons (Fsp3) is 0.200. The number of thioether (sulfide) groups is 1. The highest BCUT2D eigenvalue weighted by atomic mass is 32.2. The molecule has 1 N–H and O–H groups in total. The Morgan fingerprint density at radius 2 is 1.88 bits per heavy atom. The van der Waals surface area contributed by atoms with Crippen LogP contribution >= 0.6 is 11.8 Å². The second-order valence-corrected chi connectivity index (χ2v) is 9.23. The normalized spacial score (nSPS) is 19.5. The predicted molar refractivity (Wildman–Crippen MR) is 125 cm³/mol. The highest BCUT2D eigenvalue weighted by Gasteiger charge is 2.59. The third kappa shape index (κ3) is 3.24. The summed E-state index contributed by atoms with van der Waals surface area (Å²) in [5, 5.41) is 2.94. The maximum atomic E-state index is 14.4.